The van der Waals surface area contributed by atoms with E-state index >= 15 is 0 Å². The van der Waals surface area contributed by atoms with Crippen LogP contribution >= 0.6 is 15.9 Å². The van der Waals surface area contributed by atoms with E-state index in [-0.39, 0.29) is 10.2 Å². The van der Waals surface area contributed by atoms with E-state index in [0.29, 0.717) is 6.54 Å². The van der Waals surface area contributed by atoms with E-state index < -0.39 is 11.6 Å². The van der Waals surface area contributed by atoms with Crippen molar-refractivity contribution in [2.24, 2.45) is 0 Å². The van der Waals surface area contributed by atoms with Crippen LogP contribution in [0.3, 0.4) is 0 Å². The van der Waals surface area contributed by atoms with Crippen LogP contribution in [0.4, 0.5) is 20.2 Å². The molecule has 0 bridgehead atoms. The van der Waals surface area contributed by atoms with Crippen LogP contribution in [0.2, 0.25) is 0 Å². The second-order valence-corrected chi connectivity index (χ2v) is 6.09. The molecule has 5 heteroatoms. The minimum atomic E-state index is -0.477. The van der Waals surface area contributed by atoms with Gasteiger partial charge in [-0.2, -0.15) is 0 Å². The summed E-state index contributed by atoms with van der Waals surface area (Å²) < 4.78 is 27.3. The summed E-state index contributed by atoms with van der Waals surface area (Å²) in [5, 5.41) is 2.95. The maximum absolute atomic E-state index is 13.7. The van der Waals surface area contributed by atoms with Gasteiger partial charge in [-0.1, -0.05) is 12.1 Å². The molecular weight excluding hydrogens is 338 g/mol. The summed E-state index contributed by atoms with van der Waals surface area (Å²) >= 11 is 2.97. The van der Waals surface area contributed by atoms with Crippen LogP contribution in [0, 0.1) is 11.6 Å². The topological polar surface area (TPSA) is 15.3 Å². The van der Waals surface area contributed by atoms with E-state index in [4.69, 9.17) is 0 Å². The van der Waals surface area contributed by atoms with E-state index in [2.05, 4.69) is 45.3 Å². The first-order chi connectivity index (χ1) is 10.0. The van der Waals surface area contributed by atoms with E-state index in [0.717, 1.165) is 24.6 Å². The third kappa shape index (κ3) is 2.88. The van der Waals surface area contributed by atoms with Gasteiger partial charge in [0.05, 0.1) is 10.2 Å². The molecule has 1 heterocycles. The van der Waals surface area contributed by atoms with Gasteiger partial charge >= 0.3 is 0 Å². The Morgan fingerprint density at radius 2 is 2.00 bits per heavy atom. The molecule has 0 spiro atoms. The van der Waals surface area contributed by atoms with Gasteiger partial charge in [0.2, 0.25) is 0 Å². The van der Waals surface area contributed by atoms with E-state index in [1.807, 2.05) is 6.07 Å². The van der Waals surface area contributed by atoms with Gasteiger partial charge in [0, 0.05) is 31.9 Å². The predicted molar refractivity (Wildman–Crippen MR) is 84.8 cm³/mol. The van der Waals surface area contributed by atoms with Gasteiger partial charge in [-0.25, -0.2) is 8.78 Å². The van der Waals surface area contributed by atoms with Crippen molar-refractivity contribution in [3.63, 3.8) is 0 Å². The molecule has 0 saturated carbocycles. The van der Waals surface area contributed by atoms with E-state index in [9.17, 15) is 8.78 Å². The molecule has 1 N–H and O–H groups in total. The second-order valence-electron chi connectivity index (χ2n) is 5.23. The lowest BCUT2D eigenvalue weighted by Gasteiger charge is -2.13. The minimum absolute atomic E-state index is 0.131. The molecule has 21 heavy (non-hydrogen) atoms. The Balaban J connectivity index is 1.75. The summed E-state index contributed by atoms with van der Waals surface area (Å²) in [6.07, 6.45) is 1.03. The first kappa shape index (κ1) is 14.3. The molecule has 2 aromatic carbocycles. The quantitative estimate of drug-likeness (QED) is 0.827. The van der Waals surface area contributed by atoms with Crippen LogP contribution in [0.25, 0.3) is 0 Å². The van der Waals surface area contributed by atoms with Crippen LogP contribution in [0.5, 0.6) is 0 Å². The number of rotatable bonds is 3. The first-order valence-corrected chi connectivity index (χ1v) is 7.55. The molecule has 0 fully saturated rings. The number of fused-ring (bicyclic) bond motifs is 1. The molecule has 0 saturated heterocycles. The van der Waals surface area contributed by atoms with Gasteiger partial charge in [-0.15, -0.1) is 0 Å². The number of anilines is 2. The van der Waals surface area contributed by atoms with Crippen molar-refractivity contribution in [3.05, 3.63) is 57.6 Å². The lowest BCUT2D eigenvalue weighted by molar-refractivity contribution is 0.596. The predicted octanol–water partition coefficient (Wildman–Crippen LogP) is 4.33. The van der Waals surface area contributed by atoms with Gasteiger partial charge in [-0.05, 0) is 45.6 Å². The number of nitrogens with zero attached hydrogens (tertiary/aromatic N) is 1. The Morgan fingerprint density at radius 1 is 1.19 bits per heavy atom. The fraction of sp³-hybridized carbons (Fsp3) is 0.250. The van der Waals surface area contributed by atoms with Crippen molar-refractivity contribution in [1.82, 2.24) is 0 Å². The SMILES string of the molecule is CN1CCc2cc(CNc3cc(F)c(Br)cc3F)ccc21. The normalized spacial score (nSPS) is 13.4. The maximum Gasteiger partial charge on any atom is 0.147 e. The zero-order valence-corrected chi connectivity index (χ0v) is 13.2. The van der Waals surface area contributed by atoms with Crippen molar-refractivity contribution in [2.75, 3.05) is 23.8 Å². The highest BCUT2D eigenvalue weighted by atomic mass is 79.9. The average molecular weight is 353 g/mol. The Bertz CT molecular complexity index is 688. The van der Waals surface area contributed by atoms with Crippen LogP contribution in [0.1, 0.15) is 11.1 Å². The highest BCUT2D eigenvalue weighted by molar-refractivity contribution is 9.10. The van der Waals surface area contributed by atoms with Crippen LogP contribution in [-0.4, -0.2) is 13.6 Å². The summed E-state index contributed by atoms with van der Waals surface area (Å²) in [4.78, 5) is 2.22. The summed E-state index contributed by atoms with van der Waals surface area (Å²) in [5.41, 5.74) is 3.79. The fourth-order valence-corrected chi connectivity index (χ4v) is 2.90. The van der Waals surface area contributed by atoms with Crippen molar-refractivity contribution in [3.8, 4) is 0 Å². The third-order valence-electron chi connectivity index (χ3n) is 3.76. The molecule has 1 aliphatic rings. The molecule has 0 atom stereocenters. The standard InChI is InChI=1S/C16H15BrF2N2/c1-21-5-4-11-6-10(2-3-16(11)21)9-20-15-8-13(18)12(17)7-14(15)19/h2-3,6-8,20H,4-5,9H2,1H3. The molecule has 110 valence electrons. The van der Waals surface area contributed by atoms with Crippen LogP contribution in [-0.2, 0) is 13.0 Å². The lowest BCUT2D eigenvalue weighted by atomic mass is 10.1. The second kappa shape index (κ2) is 5.64. The highest BCUT2D eigenvalue weighted by Crippen LogP contribution is 2.28. The van der Waals surface area contributed by atoms with Crippen LogP contribution < -0.4 is 10.2 Å². The zero-order chi connectivity index (χ0) is 15.0. The van der Waals surface area contributed by atoms with E-state index in [1.165, 1.54) is 17.3 Å². The number of benzene rings is 2. The molecule has 0 aliphatic carbocycles. The maximum atomic E-state index is 13.7. The lowest BCUT2D eigenvalue weighted by Crippen LogP contribution is -2.12. The van der Waals surface area contributed by atoms with Crippen molar-refractivity contribution in [2.45, 2.75) is 13.0 Å². The van der Waals surface area contributed by atoms with Crippen molar-refractivity contribution < 1.29 is 8.78 Å². The number of likely N-dealkylation sites (N-methyl/N-ethyl adjacent to an activating group) is 1. The number of hydrogen-bond acceptors (Lipinski definition) is 2. The molecule has 0 unspecified atom stereocenters. The van der Waals surface area contributed by atoms with Gasteiger partial charge in [-0.3, -0.25) is 0 Å². The smallest absolute Gasteiger partial charge is 0.147 e. The van der Waals surface area contributed by atoms with Gasteiger partial charge in [0.25, 0.3) is 0 Å². The summed E-state index contributed by atoms with van der Waals surface area (Å²) in [6.45, 7) is 1.49. The summed E-state index contributed by atoms with van der Waals surface area (Å²) in [5.74, 6) is -0.946. The Morgan fingerprint density at radius 3 is 2.81 bits per heavy atom. The largest absolute Gasteiger partial charge is 0.379 e. The van der Waals surface area contributed by atoms with Gasteiger partial charge < -0.3 is 10.2 Å². The Labute approximate surface area is 130 Å². The third-order valence-corrected chi connectivity index (χ3v) is 4.37. The first-order valence-electron chi connectivity index (χ1n) is 6.76. The highest BCUT2D eigenvalue weighted by Gasteiger charge is 2.15. The van der Waals surface area contributed by atoms with Gasteiger partial charge in [0.1, 0.15) is 11.6 Å². The number of nitrogens with one attached hydrogen (secondary N) is 1. The molecule has 1 aliphatic heterocycles. The number of hydrogen-bond donors (Lipinski definition) is 1. The van der Waals surface area contributed by atoms with Gasteiger partial charge in [0.15, 0.2) is 0 Å². The summed E-state index contributed by atoms with van der Waals surface area (Å²) in [6, 6.07) is 8.52. The summed E-state index contributed by atoms with van der Waals surface area (Å²) in [7, 11) is 2.07. The van der Waals surface area contributed by atoms with Crippen molar-refractivity contribution >= 4 is 27.3 Å². The Hall–Kier alpha value is -1.62. The zero-order valence-electron chi connectivity index (χ0n) is 11.6. The molecule has 2 nitrogen and oxygen atoms in total. The number of halogens is 3. The Kier molecular flexibility index (Phi) is 3.85. The molecule has 0 radical (unpaired) electrons. The van der Waals surface area contributed by atoms with E-state index in [1.54, 1.807) is 0 Å². The molecule has 0 aromatic heterocycles. The minimum Gasteiger partial charge on any atom is -0.379 e. The molecule has 3 rings (SSSR count). The molecule has 2 aromatic rings. The molecule has 0 amide bonds. The fourth-order valence-electron chi connectivity index (χ4n) is 2.59. The average Bonchev–Trinajstić information content (AvgIpc) is 2.82. The van der Waals surface area contributed by atoms with Crippen molar-refractivity contribution in [1.29, 1.82) is 0 Å². The molecular formula is C16H15BrF2N2. The van der Waals surface area contributed by atoms with Crippen LogP contribution in [0.15, 0.2) is 34.8 Å². The monoisotopic (exact) mass is 352 g/mol.